The number of amides is 1. The molecule has 1 amide bonds. The molecule has 3 N–H and O–H groups in total. The monoisotopic (exact) mass is 552 g/mol. The summed E-state index contributed by atoms with van der Waals surface area (Å²) in [7, 11) is -4.25. The molecule has 6 nitrogen and oxygen atoms in total. The molecular weight excluding hydrogens is 533 g/mol. The Morgan fingerprint density at radius 3 is 2.27 bits per heavy atom. The first-order valence-electron chi connectivity index (χ1n) is 10.3. The summed E-state index contributed by atoms with van der Waals surface area (Å²) < 4.78 is 125. The molecule has 1 aliphatic rings. The van der Waals surface area contributed by atoms with Crippen LogP contribution in [0.2, 0.25) is 0 Å². The Labute approximate surface area is 206 Å². The van der Waals surface area contributed by atoms with Gasteiger partial charge in [0.2, 0.25) is 15.9 Å². The van der Waals surface area contributed by atoms with Gasteiger partial charge in [0.25, 0.3) is 0 Å². The van der Waals surface area contributed by atoms with Crippen molar-refractivity contribution in [1.82, 2.24) is 0 Å². The molecule has 14 heteroatoms. The van der Waals surface area contributed by atoms with Gasteiger partial charge in [-0.1, -0.05) is 12.1 Å². The molecule has 0 aliphatic heterocycles. The third-order valence-corrected chi connectivity index (χ3v) is 6.61. The molecule has 0 bridgehead atoms. The maximum Gasteiger partial charge on any atom is 0.416 e. The molecule has 200 valence electrons. The average molecular weight is 552 g/mol. The highest BCUT2D eigenvalue weighted by atomic mass is 32.2. The SMILES string of the molecule is Cc1cc(F)ccc1OC1=CC(C(F)(F)F)=CC(C(F)(F)F)C1(C)C(=O)Nc1cccc(S(N)(=O)=O)c1. The largest absolute Gasteiger partial charge is 0.460 e. The van der Waals surface area contributed by atoms with Gasteiger partial charge in [-0.25, -0.2) is 17.9 Å². The number of allylic oxidation sites excluding steroid dienone is 3. The van der Waals surface area contributed by atoms with Crippen LogP contribution in [0.1, 0.15) is 12.5 Å². The second-order valence-electron chi connectivity index (χ2n) is 8.39. The lowest BCUT2D eigenvalue weighted by molar-refractivity contribution is -0.191. The van der Waals surface area contributed by atoms with Crippen molar-refractivity contribution in [1.29, 1.82) is 0 Å². The molecule has 2 atom stereocenters. The molecular formula is C23H19F7N2O4S. The second kappa shape index (κ2) is 9.49. The van der Waals surface area contributed by atoms with Gasteiger partial charge in [0, 0.05) is 5.69 Å². The topological polar surface area (TPSA) is 98.5 Å². The molecule has 0 aromatic heterocycles. The number of rotatable bonds is 5. The van der Waals surface area contributed by atoms with Crippen molar-refractivity contribution >= 4 is 21.6 Å². The van der Waals surface area contributed by atoms with Crippen LogP contribution in [0.5, 0.6) is 5.75 Å². The lowest BCUT2D eigenvalue weighted by Gasteiger charge is -2.40. The van der Waals surface area contributed by atoms with Crippen LogP contribution in [-0.4, -0.2) is 26.7 Å². The van der Waals surface area contributed by atoms with Crippen molar-refractivity contribution in [2.45, 2.75) is 31.1 Å². The number of sulfonamides is 1. The van der Waals surface area contributed by atoms with E-state index in [2.05, 4.69) is 5.32 Å². The maximum absolute atomic E-state index is 14.1. The molecule has 0 fully saturated rings. The van der Waals surface area contributed by atoms with Crippen molar-refractivity contribution < 1.29 is 48.7 Å². The number of ether oxygens (including phenoxy) is 1. The van der Waals surface area contributed by atoms with Crippen LogP contribution in [0, 0.1) is 24.1 Å². The Balaban J connectivity index is 2.17. The highest BCUT2D eigenvalue weighted by Crippen LogP contribution is 2.52. The number of alkyl halides is 6. The van der Waals surface area contributed by atoms with Crippen LogP contribution in [-0.2, 0) is 14.8 Å². The van der Waals surface area contributed by atoms with E-state index in [1.807, 2.05) is 0 Å². The first-order chi connectivity index (χ1) is 16.8. The molecule has 0 heterocycles. The number of hydrogen-bond donors (Lipinski definition) is 2. The van der Waals surface area contributed by atoms with Crippen LogP contribution < -0.4 is 15.2 Å². The normalized spacial score (nSPS) is 20.6. The number of hydrogen-bond acceptors (Lipinski definition) is 4. The number of halogens is 7. The lowest BCUT2D eigenvalue weighted by Crippen LogP contribution is -2.50. The number of carbonyl (C=O) groups is 1. The number of nitrogens with two attached hydrogens (primary N) is 1. The summed E-state index contributed by atoms with van der Waals surface area (Å²) in [4.78, 5) is 12.8. The summed E-state index contributed by atoms with van der Waals surface area (Å²) in [5.74, 6) is -6.50. The van der Waals surface area contributed by atoms with Crippen LogP contribution >= 0.6 is 0 Å². The summed E-state index contributed by atoms with van der Waals surface area (Å²) >= 11 is 0. The highest BCUT2D eigenvalue weighted by Gasteiger charge is 2.60. The van der Waals surface area contributed by atoms with Crippen LogP contribution in [0.25, 0.3) is 0 Å². The quantitative estimate of drug-likeness (QED) is 0.488. The number of anilines is 1. The highest BCUT2D eigenvalue weighted by molar-refractivity contribution is 7.89. The molecule has 0 saturated heterocycles. The number of nitrogens with one attached hydrogen (secondary N) is 1. The van der Waals surface area contributed by atoms with Gasteiger partial charge in [-0.3, -0.25) is 4.79 Å². The third kappa shape index (κ3) is 5.96. The van der Waals surface area contributed by atoms with Gasteiger partial charge in [-0.05, 0) is 61.9 Å². The van der Waals surface area contributed by atoms with Crippen LogP contribution in [0.4, 0.5) is 36.4 Å². The molecule has 0 saturated carbocycles. The van der Waals surface area contributed by atoms with E-state index in [1.165, 1.54) is 6.92 Å². The van der Waals surface area contributed by atoms with Gasteiger partial charge in [0.1, 0.15) is 22.7 Å². The zero-order chi connectivity index (χ0) is 28.0. The molecule has 0 spiro atoms. The number of aryl methyl sites for hydroxylation is 1. The molecule has 37 heavy (non-hydrogen) atoms. The fraction of sp³-hybridized carbons (Fsp3) is 0.261. The molecule has 2 aromatic carbocycles. The van der Waals surface area contributed by atoms with Gasteiger partial charge >= 0.3 is 12.4 Å². The van der Waals surface area contributed by atoms with E-state index in [9.17, 15) is 43.9 Å². The Morgan fingerprint density at radius 2 is 1.73 bits per heavy atom. The van der Waals surface area contributed by atoms with Crippen molar-refractivity contribution in [2.75, 3.05) is 5.32 Å². The van der Waals surface area contributed by atoms with Crippen molar-refractivity contribution in [2.24, 2.45) is 16.5 Å². The number of carbonyl (C=O) groups excluding carboxylic acids is 1. The molecule has 0 radical (unpaired) electrons. The van der Waals surface area contributed by atoms with Gasteiger partial charge in [0.05, 0.1) is 16.4 Å². The maximum atomic E-state index is 14.1. The van der Waals surface area contributed by atoms with Crippen LogP contribution in [0.3, 0.4) is 0 Å². The van der Waals surface area contributed by atoms with E-state index in [1.54, 1.807) is 0 Å². The minimum atomic E-state index is -5.36. The Bertz CT molecular complexity index is 1400. The van der Waals surface area contributed by atoms with E-state index >= 15 is 0 Å². The van der Waals surface area contributed by atoms with Gasteiger partial charge in [-0.15, -0.1) is 0 Å². The first-order valence-corrected chi connectivity index (χ1v) is 11.8. The van der Waals surface area contributed by atoms with E-state index in [-0.39, 0.29) is 29.2 Å². The lowest BCUT2D eigenvalue weighted by atomic mass is 9.69. The second-order valence-corrected chi connectivity index (χ2v) is 9.95. The van der Waals surface area contributed by atoms with Gasteiger partial charge < -0.3 is 10.1 Å². The van der Waals surface area contributed by atoms with Gasteiger partial charge in [0.15, 0.2) is 0 Å². The summed E-state index contributed by atoms with van der Waals surface area (Å²) in [5.41, 5.74) is -4.77. The molecule has 1 aliphatic carbocycles. The van der Waals surface area contributed by atoms with Crippen molar-refractivity contribution in [3.8, 4) is 5.75 Å². The van der Waals surface area contributed by atoms with E-state index in [0.29, 0.717) is 0 Å². The number of benzene rings is 2. The fourth-order valence-electron chi connectivity index (χ4n) is 3.68. The summed E-state index contributed by atoms with van der Waals surface area (Å²) in [6, 6.07) is 7.04. The van der Waals surface area contributed by atoms with Gasteiger partial charge in [-0.2, -0.15) is 26.3 Å². The Morgan fingerprint density at radius 1 is 1.08 bits per heavy atom. The minimum Gasteiger partial charge on any atom is -0.460 e. The zero-order valence-corrected chi connectivity index (χ0v) is 19.9. The average Bonchev–Trinajstić information content (AvgIpc) is 2.74. The minimum absolute atomic E-state index is 0.0381. The molecule has 2 unspecified atom stereocenters. The smallest absolute Gasteiger partial charge is 0.416 e. The number of primary sulfonamides is 1. The Kier molecular flexibility index (Phi) is 7.23. The zero-order valence-electron chi connectivity index (χ0n) is 19.0. The standard InChI is InChI=1S/C23H19F7N2O4S/c1-12-8-14(24)6-7-17(12)36-19-10-13(22(25,26)27)9-18(23(28,29)30)21(19,2)20(33)32-15-4-3-5-16(11-15)37(31,34)35/h3-11,18H,1-2H3,(H,32,33)(H2,31,34,35). The predicted octanol–water partition coefficient (Wildman–Crippen LogP) is 5.37. The molecule has 2 aromatic rings. The summed E-state index contributed by atoms with van der Waals surface area (Å²) in [6.45, 7) is 2.04. The van der Waals surface area contributed by atoms with E-state index in [4.69, 9.17) is 9.88 Å². The Hall–Kier alpha value is -3.39. The van der Waals surface area contributed by atoms with Crippen molar-refractivity contribution in [3.05, 3.63) is 77.3 Å². The van der Waals surface area contributed by atoms with E-state index in [0.717, 1.165) is 49.4 Å². The third-order valence-electron chi connectivity index (χ3n) is 5.70. The first kappa shape index (κ1) is 28.2. The van der Waals surface area contributed by atoms with E-state index < -0.39 is 61.7 Å². The predicted molar refractivity (Wildman–Crippen MR) is 118 cm³/mol. The van der Waals surface area contributed by atoms with Crippen LogP contribution in [0.15, 0.2) is 70.8 Å². The molecule has 3 rings (SSSR count). The van der Waals surface area contributed by atoms with Crippen molar-refractivity contribution in [3.63, 3.8) is 0 Å². The summed E-state index contributed by atoms with van der Waals surface area (Å²) in [6.07, 6.45) is -10.4. The summed E-state index contributed by atoms with van der Waals surface area (Å²) in [5, 5.41) is 7.14. The fourth-order valence-corrected chi connectivity index (χ4v) is 4.24.